The molecule has 0 saturated heterocycles. The molecule has 3 aromatic rings. The van der Waals surface area contributed by atoms with Gasteiger partial charge in [0.1, 0.15) is 16.9 Å². The van der Waals surface area contributed by atoms with E-state index in [1.165, 1.54) is 11.3 Å². The van der Waals surface area contributed by atoms with Crippen molar-refractivity contribution in [3.8, 4) is 17.1 Å². The molecule has 7 nitrogen and oxygen atoms in total. The topological polar surface area (TPSA) is 107 Å². The van der Waals surface area contributed by atoms with Crippen molar-refractivity contribution in [2.24, 2.45) is 5.73 Å². The van der Waals surface area contributed by atoms with Crippen LogP contribution in [0.2, 0.25) is 0 Å². The molecule has 8 heteroatoms. The van der Waals surface area contributed by atoms with Crippen molar-refractivity contribution in [3.05, 3.63) is 51.5 Å². The molecule has 1 aromatic carbocycles. The number of thiophene rings is 1. The van der Waals surface area contributed by atoms with Crippen molar-refractivity contribution in [3.63, 3.8) is 0 Å². The summed E-state index contributed by atoms with van der Waals surface area (Å²) >= 11 is 1.43. The highest BCUT2D eigenvalue weighted by Crippen LogP contribution is 2.38. The maximum atomic E-state index is 12.8. The summed E-state index contributed by atoms with van der Waals surface area (Å²) in [5.74, 6) is 0.441. The first kappa shape index (κ1) is 18.9. The first-order chi connectivity index (χ1) is 14.5. The van der Waals surface area contributed by atoms with Crippen LogP contribution in [-0.2, 0) is 19.3 Å². The molecule has 1 unspecified atom stereocenters. The highest BCUT2D eigenvalue weighted by Gasteiger charge is 2.26. The van der Waals surface area contributed by atoms with E-state index < -0.39 is 11.8 Å². The van der Waals surface area contributed by atoms with Crippen molar-refractivity contribution < 1.29 is 18.8 Å². The average Bonchev–Trinajstić information content (AvgIpc) is 3.42. The van der Waals surface area contributed by atoms with Crippen LogP contribution in [0.25, 0.3) is 11.3 Å². The van der Waals surface area contributed by atoms with Gasteiger partial charge in [-0.05, 0) is 61.9 Å². The minimum atomic E-state index is -0.514. The fraction of sp³-hybridized carbons (Fsp3) is 0.318. The van der Waals surface area contributed by atoms with Crippen LogP contribution in [0.1, 0.15) is 56.6 Å². The molecule has 5 rings (SSSR count). The molecule has 0 saturated carbocycles. The van der Waals surface area contributed by atoms with Gasteiger partial charge < -0.3 is 20.3 Å². The van der Waals surface area contributed by atoms with Gasteiger partial charge in [-0.1, -0.05) is 5.16 Å². The molecule has 3 heterocycles. The van der Waals surface area contributed by atoms with E-state index in [2.05, 4.69) is 10.5 Å². The molecule has 1 atom stereocenters. The summed E-state index contributed by atoms with van der Waals surface area (Å²) in [4.78, 5) is 25.9. The number of rotatable bonds is 4. The molecule has 30 heavy (non-hydrogen) atoms. The van der Waals surface area contributed by atoms with Gasteiger partial charge in [0, 0.05) is 22.9 Å². The van der Waals surface area contributed by atoms with Gasteiger partial charge in [0.05, 0.1) is 5.56 Å². The lowest BCUT2D eigenvalue weighted by atomic mass is 9.95. The molecule has 154 valence electrons. The Hall–Kier alpha value is -3.13. The molecule has 3 N–H and O–H groups in total. The quantitative estimate of drug-likeness (QED) is 0.660. The zero-order chi connectivity index (χ0) is 20.8. The lowest BCUT2D eigenvalue weighted by Crippen LogP contribution is -2.18. The fourth-order valence-corrected chi connectivity index (χ4v) is 5.47. The monoisotopic (exact) mass is 423 g/mol. The number of primary amides is 1. The number of nitrogens with zero attached hydrogens (tertiary/aromatic N) is 1. The third-order valence-electron chi connectivity index (χ3n) is 5.57. The second-order valence-corrected chi connectivity index (χ2v) is 8.87. The number of carbonyl (C=O) groups is 2. The molecule has 2 aromatic heterocycles. The molecular weight excluding hydrogens is 402 g/mol. The largest absolute Gasteiger partial charge is 0.490 e. The van der Waals surface area contributed by atoms with Crippen molar-refractivity contribution in [2.75, 3.05) is 5.32 Å². The number of carbonyl (C=O) groups excluding carboxylic acids is 2. The Balaban J connectivity index is 1.39. The Morgan fingerprint density at radius 1 is 1.23 bits per heavy atom. The molecule has 2 amide bonds. The Bertz CT molecular complexity index is 1160. The van der Waals surface area contributed by atoms with E-state index in [0.29, 0.717) is 16.3 Å². The Morgan fingerprint density at radius 2 is 2.07 bits per heavy atom. The Morgan fingerprint density at radius 3 is 2.90 bits per heavy atom. The lowest BCUT2D eigenvalue weighted by Gasteiger charge is -2.11. The van der Waals surface area contributed by atoms with Crippen molar-refractivity contribution in [2.45, 2.75) is 45.1 Å². The van der Waals surface area contributed by atoms with Gasteiger partial charge in [-0.15, -0.1) is 11.3 Å². The van der Waals surface area contributed by atoms with Crippen LogP contribution >= 0.6 is 11.3 Å². The molecule has 2 aliphatic rings. The van der Waals surface area contributed by atoms with Gasteiger partial charge in [-0.3, -0.25) is 9.59 Å². The summed E-state index contributed by atoms with van der Waals surface area (Å²) < 4.78 is 11.1. The van der Waals surface area contributed by atoms with Crippen LogP contribution in [0.5, 0.6) is 5.75 Å². The second-order valence-electron chi connectivity index (χ2n) is 7.76. The number of fused-ring (bicyclic) bond motifs is 2. The van der Waals surface area contributed by atoms with E-state index in [1.54, 1.807) is 6.07 Å². The molecule has 0 spiro atoms. The second kappa shape index (κ2) is 7.28. The number of aryl methyl sites for hydroxylation is 1. The Kier molecular flexibility index (Phi) is 4.58. The molecule has 1 aliphatic heterocycles. The van der Waals surface area contributed by atoms with Crippen LogP contribution in [0.4, 0.5) is 5.00 Å². The zero-order valence-corrected chi connectivity index (χ0v) is 17.3. The number of ether oxygens (including phenoxy) is 1. The van der Waals surface area contributed by atoms with E-state index in [1.807, 2.05) is 25.1 Å². The van der Waals surface area contributed by atoms with Crippen LogP contribution in [0.15, 0.2) is 28.8 Å². The minimum Gasteiger partial charge on any atom is -0.490 e. The van der Waals surface area contributed by atoms with E-state index in [0.717, 1.165) is 59.4 Å². The van der Waals surface area contributed by atoms with Crippen LogP contribution in [0, 0.1) is 0 Å². The number of benzene rings is 1. The molecule has 0 fully saturated rings. The predicted octanol–water partition coefficient (Wildman–Crippen LogP) is 3.96. The summed E-state index contributed by atoms with van der Waals surface area (Å²) in [6.45, 7) is 2.03. The number of anilines is 1. The van der Waals surface area contributed by atoms with Gasteiger partial charge in [0.25, 0.3) is 11.8 Å². The first-order valence-corrected chi connectivity index (χ1v) is 10.8. The summed E-state index contributed by atoms with van der Waals surface area (Å²) in [5, 5.41) is 7.23. The third-order valence-corrected chi connectivity index (χ3v) is 6.78. The highest BCUT2D eigenvalue weighted by molar-refractivity contribution is 7.17. The van der Waals surface area contributed by atoms with Gasteiger partial charge in [0.2, 0.25) is 0 Å². The minimum absolute atomic E-state index is 0.150. The van der Waals surface area contributed by atoms with Gasteiger partial charge in [-0.2, -0.15) is 0 Å². The van der Waals surface area contributed by atoms with Crippen molar-refractivity contribution >= 4 is 28.2 Å². The fourth-order valence-electron chi connectivity index (χ4n) is 4.18. The van der Waals surface area contributed by atoms with Crippen molar-refractivity contribution in [1.29, 1.82) is 0 Å². The van der Waals surface area contributed by atoms with E-state index in [9.17, 15) is 9.59 Å². The maximum Gasteiger partial charge on any atom is 0.278 e. The molecule has 1 aliphatic carbocycles. The summed E-state index contributed by atoms with van der Waals surface area (Å²) in [5.41, 5.74) is 9.10. The number of amides is 2. The number of nitrogens with one attached hydrogen (secondary N) is 1. The Labute approximate surface area is 177 Å². The lowest BCUT2D eigenvalue weighted by molar-refractivity contribution is 0.100. The predicted molar refractivity (Wildman–Crippen MR) is 113 cm³/mol. The van der Waals surface area contributed by atoms with Gasteiger partial charge >= 0.3 is 0 Å². The van der Waals surface area contributed by atoms with E-state index in [4.69, 9.17) is 15.0 Å². The number of hydrogen-bond acceptors (Lipinski definition) is 6. The summed E-state index contributed by atoms with van der Waals surface area (Å²) in [6, 6.07) is 7.40. The van der Waals surface area contributed by atoms with Crippen molar-refractivity contribution in [1.82, 2.24) is 5.16 Å². The molecular formula is C22H21N3O4S. The number of nitrogens with two attached hydrogens (primary N) is 1. The van der Waals surface area contributed by atoms with Crippen LogP contribution in [0.3, 0.4) is 0 Å². The van der Waals surface area contributed by atoms with E-state index >= 15 is 0 Å². The standard InChI is InChI=1S/C22H21N3O4S/c1-11-8-13-9-12(6-7-16(13)28-11)17-10-15(25-29-17)21(27)24-22-19(20(23)26)14-4-2-3-5-18(14)30-22/h6-7,9-11H,2-5,8H2,1H3,(H2,23,26)(H,24,27). The smallest absolute Gasteiger partial charge is 0.278 e. The maximum absolute atomic E-state index is 12.8. The third kappa shape index (κ3) is 3.27. The zero-order valence-electron chi connectivity index (χ0n) is 16.5. The number of hydrogen-bond donors (Lipinski definition) is 2. The molecule has 0 radical (unpaired) electrons. The van der Waals surface area contributed by atoms with Crippen LogP contribution in [-0.4, -0.2) is 23.1 Å². The SMILES string of the molecule is CC1Cc2cc(-c3cc(C(=O)Nc4sc5c(c4C(N)=O)CCCC5)no3)ccc2O1. The summed E-state index contributed by atoms with van der Waals surface area (Å²) in [6.07, 6.45) is 4.82. The van der Waals surface area contributed by atoms with Gasteiger partial charge in [0.15, 0.2) is 11.5 Å². The van der Waals surface area contributed by atoms with Crippen LogP contribution < -0.4 is 15.8 Å². The van der Waals surface area contributed by atoms with Gasteiger partial charge in [-0.25, -0.2) is 0 Å². The normalized spacial score (nSPS) is 17.2. The summed E-state index contributed by atoms with van der Waals surface area (Å²) in [7, 11) is 0. The highest BCUT2D eigenvalue weighted by atomic mass is 32.1. The van der Waals surface area contributed by atoms with E-state index in [-0.39, 0.29) is 11.8 Å². The first-order valence-electron chi connectivity index (χ1n) is 10.0. The molecule has 0 bridgehead atoms. The number of aromatic nitrogens is 1. The average molecular weight is 423 g/mol.